The Labute approximate surface area is 179 Å². The van der Waals surface area contributed by atoms with Crippen LogP contribution in [0, 0.1) is 12.8 Å². The Kier molecular flexibility index (Phi) is 7.15. The third-order valence-electron chi connectivity index (χ3n) is 5.38. The average Bonchev–Trinajstić information content (AvgIpc) is 2.69. The van der Waals surface area contributed by atoms with Gasteiger partial charge in [0.15, 0.2) is 0 Å². The zero-order valence-corrected chi connectivity index (χ0v) is 18.7. The van der Waals surface area contributed by atoms with E-state index in [1.165, 1.54) is 25.0 Å². The van der Waals surface area contributed by atoms with Crippen LogP contribution in [0.3, 0.4) is 0 Å². The van der Waals surface area contributed by atoms with Crippen molar-refractivity contribution >= 4 is 21.6 Å². The molecule has 1 heterocycles. The average molecular weight is 430 g/mol. The van der Waals surface area contributed by atoms with Crippen molar-refractivity contribution in [3.63, 3.8) is 0 Å². The molecule has 0 aliphatic carbocycles. The van der Waals surface area contributed by atoms with Gasteiger partial charge in [-0.25, -0.2) is 8.42 Å². The van der Waals surface area contributed by atoms with Gasteiger partial charge in [0.05, 0.1) is 4.90 Å². The topological polar surface area (TPSA) is 78.5 Å². The molecule has 0 saturated carbocycles. The van der Waals surface area contributed by atoms with Crippen LogP contribution in [0.15, 0.2) is 53.4 Å². The number of hydrogen-bond acceptors (Lipinski definition) is 4. The lowest BCUT2D eigenvalue weighted by Crippen LogP contribution is -2.45. The Hall–Kier alpha value is -2.38. The quantitative estimate of drug-likeness (QED) is 0.704. The van der Waals surface area contributed by atoms with Crippen molar-refractivity contribution in [1.29, 1.82) is 0 Å². The van der Waals surface area contributed by atoms with E-state index in [9.17, 15) is 13.2 Å². The molecule has 30 heavy (non-hydrogen) atoms. The number of carbonyl (C=O) groups is 1. The second-order valence-corrected chi connectivity index (χ2v) is 10.1. The number of rotatable bonds is 7. The van der Waals surface area contributed by atoms with Crippen LogP contribution in [0.2, 0.25) is 0 Å². The third-order valence-corrected chi connectivity index (χ3v) is 6.78. The van der Waals surface area contributed by atoms with Gasteiger partial charge in [-0.1, -0.05) is 24.6 Å². The maximum atomic E-state index is 12.6. The van der Waals surface area contributed by atoms with Crippen molar-refractivity contribution in [2.45, 2.75) is 44.6 Å². The fourth-order valence-electron chi connectivity index (χ4n) is 3.81. The van der Waals surface area contributed by atoms with Crippen molar-refractivity contribution in [1.82, 2.24) is 10.2 Å². The van der Waals surface area contributed by atoms with Gasteiger partial charge in [-0.2, -0.15) is 0 Å². The first-order valence-electron chi connectivity index (χ1n) is 10.5. The molecule has 3 rings (SSSR count). The smallest absolute Gasteiger partial charge is 0.261 e. The molecule has 1 saturated heterocycles. The lowest BCUT2D eigenvalue weighted by Gasteiger charge is -2.32. The van der Waals surface area contributed by atoms with Crippen molar-refractivity contribution in [3.05, 3.63) is 59.7 Å². The fourth-order valence-corrected chi connectivity index (χ4v) is 4.87. The third kappa shape index (κ3) is 6.06. The van der Waals surface area contributed by atoms with Gasteiger partial charge in [0.1, 0.15) is 0 Å². The standard InChI is InChI=1S/C23H31N3O3S/c1-17-6-10-21(11-7-17)25-30(28,29)22-12-8-20(9-13-22)23(27)24-19(3)16-26-14-4-5-18(2)15-26/h6-13,18-19,25H,4-5,14-16H2,1-3H3,(H,24,27). The number of anilines is 1. The summed E-state index contributed by atoms with van der Waals surface area (Å²) in [6.07, 6.45) is 2.47. The number of nitrogens with one attached hydrogen (secondary N) is 2. The molecule has 2 N–H and O–H groups in total. The number of benzene rings is 2. The van der Waals surface area contributed by atoms with E-state index in [0.717, 1.165) is 25.2 Å². The molecule has 2 unspecified atom stereocenters. The van der Waals surface area contributed by atoms with E-state index < -0.39 is 10.0 Å². The fraction of sp³-hybridized carbons (Fsp3) is 0.435. The van der Waals surface area contributed by atoms with Gasteiger partial charge in [-0.15, -0.1) is 0 Å². The summed E-state index contributed by atoms with van der Waals surface area (Å²) < 4.78 is 27.7. The van der Waals surface area contributed by atoms with Crippen LogP contribution in [-0.2, 0) is 10.0 Å². The second-order valence-electron chi connectivity index (χ2n) is 8.38. The van der Waals surface area contributed by atoms with E-state index in [-0.39, 0.29) is 16.8 Å². The second kappa shape index (κ2) is 9.62. The molecule has 1 amide bonds. The first kappa shape index (κ1) is 22.3. The van der Waals surface area contributed by atoms with Crippen LogP contribution in [-0.4, -0.2) is 44.9 Å². The van der Waals surface area contributed by atoms with Gasteiger partial charge in [0.25, 0.3) is 15.9 Å². The molecule has 0 bridgehead atoms. The van der Waals surface area contributed by atoms with Gasteiger partial charge < -0.3 is 10.2 Å². The van der Waals surface area contributed by atoms with Crippen LogP contribution in [0.5, 0.6) is 0 Å². The first-order valence-corrected chi connectivity index (χ1v) is 11.9. The van der Waals surface area contributed by atoms with Gasteiger partial charge in [0, 0.05) is 30.4 Å². The molecule has 2 aromatic rings. The number of sulfonamides is 1. The summed E-state index contributed by atoms with van der Waals surface area (Å²) in [5.41, 5.74) is 2.00. The SMILES string of the molecule is Cc1ccc(NS(=O)(=O)c2ccc(C(=O)NC(C)CN3CCCC(C)C3)cc2)cc1. The first-order chi connectivity index (χ1) is 14.2. The number of aryl methyl sites for hydroxylation is 1. The highest BCUT2D eigenvalue weighted by Gasteiger charge is 2.20. The lowest BCUT2D eigenvalue weighted by molar-refractivity contribution is 0.0920. The molecule has 1 aliphatic heterocycles. The van der Waals surface area contributed by atoms with Crippen molar-refractivity contribution in [2.75, 3.05) is 24.4 Å². The predicted molar refractivity (Wildman–Crippen MR) is 120 cm³/mol. The number of piperidine rings is 1. The maximum absolute atomic E-state index is 12.6. The maximum Gasteiger partial charge on any atom is 0.261 e. The lowest BCUT2D eigenvalue weighted by atomic mass is 10.00. The van der Waals surface area contributed by atoms with Gasteiger partial charge >= 0.3 is 0 Å². The van der Waals surface area contributed by atoms with E-state index >= 15 is 0 Å². The molecule has 2 aromatic carbocycles. The highest BCUT2D eigenvalue weighted by molar-refractivity contribution is 7.92. The van der Waals surface area contributed by atoms with Crippen molar-refractivity contribution < 1.29 is 13.2 Å². The highest BCUT2D eigenvalue weighted by atomic mass is 32.2. The molecule has 0 radical (unpaired) electrons. The van der Waals surface area contributed by atoms with Gasteiger partial charge in [-0.05, 0) is 75.5 Å². The van der Waals surface area contributed by atoms with Gasteiger partial charge in [-0.3, -0.25) is 9.52 Å². The van der Waals surface area contributed by atoms with Crippen molar-refractivity contribution in [3.8, 4) is 0 Å². The van der Waals surface area contributed by atoms with E-state index in [1.54, 1.807) is 24.3 Å². The monoisotopic (exact) mass is 429 g/mol. The Balaban J connectivity index is 1.58. The number of likely N-dealkylation sites (tertiary alicyclic amines) is 1. The molecule has 0 aromatic heterocycles. The van der Waals surface area contributed by atoms with E-state index in [2.05, 4.69) is 21.9 Å². The molecule has 7 heteroatoms. The number of hydrogen-bond donors (Lipinski definition) is 2. The summed E-state index contributed by atoms with van der Waals surface area (Å²) in [7, 11) is -3.70. The molecule has 1 fully saturated rings. The molecular formula is C23H31N3O3S. The van der Waals surface area contributed by atoms with Crippen LogP contribution < -0.4 is 10.0 Å². The van der Waals surface area contributed by atoms with E-state index in [1.807, 2.05) is 26.0 Å². The molecule has 162 valence electrons. The largest absolute Gasteiger partial charge is 0.348 e. The van der Waals surface area contributed by atoms with Gasteiger partial charge in [0.2, 0.25) is 0 Å². The summed E-state index contributed by atoms with van der Waals surface area (Å²) in [4.78, 5) is 15.1. The normalized spacial score (nSPS) is 18.6. The number of nitrogens with zero attached hydrogens (tertiary/aromatic N) is 1. The summed E-state index contributed by atoms with van der Waals surface area (Å²) in [6, 6.07) is 13.2. The number of amides is 1. The summed E-state index contributed by atoms with van der Waals surface area (Å²) in [5, 5.41) is 3.02. The Morgan fingerprint density at radius 1 is 1.13 bits per heavy atom. The Morgan fingerprint density at radius 2 is 1.80 bits per heavy atom. The minimum absolute atomic E-state index is 0.0226. The summed E-state index contributed by atoms with van der Waals surface area (Å²) >= 11 is 0. The zero-order chi connectivity index (χ0) is 21.7. The minimum Gasteiger partial charge on any atom is -0.348 e. The molecule has 2 atom stereocenters. The Morgan fingerprint density at radius 3 is 2.43 bits per heavy atom. The molecular weight excluding hydrogens is 398 g/mol. The molecule has 0 spiro atoms. The molecule has 6 nitrogen and oxygen atoms in total. The van der Waals surface area contributed by atoms with Crippen LogP contribution >= 0.6 is 0 Å². The molecule has 1 aliphatic rings. The number of carbonyl (C=O) groups excluding carboxylic acids is 1. The zero-order valence-electron chi connectivity index (χ0n) is 17.9. The highest BCUT2D eigenvalue weighted by Crippen LogP contribution is 2.18. The minimum atomic E-state index is -3.70. The van der Waals surface area contributed by atoms with Crippen LogP contribution in [0.1, 0.15) is 42.6 Å². The van der Waals surface area contributed by atoms with E-state index in [4.69, 9.17) is 0 Å². The summed E-state index contributed by atoms with van der Waals surface area (Å²) in [6.45, 7) is 9.17. The van der Waals surface area contributed by atoms with Crippen LogP contribution in [0.4, 0.5) is 5.69 Å². The summed E-state index contributed by atoms with van der Waals surface area (Å²) in [5.74, 6) is 0.507. The van der Waals surface area contributed by atoms with E-state index in [0.29, 0.717) is 17.2 Å². The predicted octanol–water partition coefficient (Wildman–Crippen LogP) is 3.65. The van der Waals surface area contributed by atoms with Crippen molar-refractivity contribution in [2.24, 2.45) is 5.92 Å². The van der Waals surface area contributed by atoms with Crippen LogP contribution in [0.25, 0.3) is 0 Å². The Bertz CT molecular complexity index is 956.